The number of halogens is 2. The predicted molar refractivity (Wildman–Crippen MR) is 59.0 cm³/mol. The van der Waals surface area contributed by atoms with Gasteiger partial charge in [0.1, 0.15) is 0 Å². The van der Waals surface area contributed by atoms with E-state index in [-0.39, 0.29) is 12.0 Å². The van der Waals surface area contributed by atoms with Gasteiger partial charge >= 0.3 is 0 Å². The molecule has 0 saturated carbocycles. The maximum absolute atomic E-state index is 5.87. The van der Waals surface area contributed by atoms with Gasteiger partial charge in [-0.3, -0.25) is 0 Å². The highest BCUT2D eigenvalue weighted by molar-refractivity contribution is 6.31. The molecule has 0 aliphatic carbocycles. The summed E-state index contributed by atoms with van der Waals surface area (Å²) >= 11 is 11.5. The second-order valence-electron chi connectivity index (χ2n) is 3.11. The summed E-state index contributed by atoms with van der Waals surface area (Å²) in [5, 5.41) is 0.295. The zero-order valence-corrected chi connectivity index (χ0v) is 9.56. The number of anilines is 1. The Morgan fingerprint density at radius 2 is 2.21 bits per heavy atom. The average Bonchev–Trinajstić information content (AvgIpc) is 2.10. The van der Waals surface area contributed by atoms with Crippen LogP contribution in [0.25, 0.3) is 0 Å². The normalized spacial score (nSPS) is 10.6. The Labute approximate surface area is 93.2 Å². The number of nitrogen functional groups attached to an aromatic ring is 1. The van der Waals surface area contributed by atoms with Gasteiger partial charge in [-0.15, -0.1) is 11.6 Å². The molecular weight excluding hydrogens is 223 g/mol. The first-order valence-electron chi connectivity index (χ1n) is 4.22. The van der Waals surface area contributed by atoms with Crippen LogP contribution in [0.5, 0.6) is 5.75 Å². The molecule has 5 heteroatoms. The Kier molecular flexibility index (Phi) is 3.84. The van der Waals surface area contributed by atoms with Gasteiger partial charge in [0.05, 0.1) is 23.4 Å². The fourth-order valence-corrected chi connectivity index (χ4v) is 1.38. The molecule has 0 aromatic carbocycles. The number of hydrogen-bond donors (Lipinski definition) is 1. The minimum atomic E-state index is 0.0375. The van der Waals surface area contributed by atoms with Crippen LogP contribution in [0.15, 0.2) is 6.07 Å². The Hall–Kier alpha value is -0.670. The van der Waals surface area contributed by atoms with E-state index in [0.29, 0.717) is 22.3 Å². The number of rotatable bonds is 3. The van der Waals surface area contributed by atoms with E-state index in [4.69, 9.17) is 33.7 Å². The van der Waals surface area contributed by atoms with Gasteiger partial charge in [0.15, 0.2) is 10.9 Å². The van der Waals surface area contributed by atoms with Gasteiger partial charge in [-0.2, -0.15) is 0 Å². The molecule has 78 valence electrons. The average molecular weight is 235 g/mol. The third-order valence-corrected chi connectivity index (χ3v) is 2.07. The molecule has 0 unspecified atom stereocenters. The van der Waals surface area contributed by atoms with Crippen molar-refractivity contribution in [1.82, 2.24) is 4.98 Å². The van der Waals surface area contributed by atoms with Crippen LogP contribution in [0.4, 0.5) is 5.69 Å². The number of pyridine rings is 1. The van der Waals surface area contributed by atoms with Gasteiger partial charge in [-0.1, -0.05) is 11.6 Å². The van der Waals surface area contributed by atoms with Crippen molar-refractivity contribution in [2.45, 2.75) is 25.8 Å². The van der Waals surface area contributed by atoms with E-state index >= 15 is 0 Å². The monoisotopic (exact) mass is 234 g/mol. The lowest BCUT2D eigenvalue weighted by Crippen LogP contribution is -2.08. The molecule has 3 nitrogen and oxygen atoms in total. The number of hydrogen-bond acceptors (Lipinski definition) is 3. The SMILES string of the molecule is CC(C)Oc1cc(N)c(CCl)nc1Cl. The lowest BCUT2D eigenvalue weighted by molar-refractivity contribution is 0.242. The predicted octanol–water partition coefficient (Wildman–Crippen LogP) is 2.84. The first kappa shape index (κ1) is 11.4. The second kappa shape index (κ2) is 4.71. The van der Waals surface area contributed by atoms with E-state index in [1.807, 2.05) is 13.8 Å². The van der Waals surface area contributed by atoms with E-state index in [9.17, 15) is 0 Å². The summed E-state index contributed by atoms with van der Waals surface area (Å²) < 4.78 is 5.41. The lowest BCUT2D eigenvalue weighted by atomic mass is 10.3. The summed E-state index contributed by atoms with van der Waals surface area (Å²) in [5.41, 5.74) is 6.77. The summed E-state index contributed by atoms with van der Waals surface area (Å²) in [6.07, 6.45) is 0.0375. The van der Waals surface area contributed by atoms with Gasteiger partial charge in [0.25, 0.3) is 0 Å². The molecule has 2 N–H and O–H groups in total. The molecule has 0 saturated heterocycles. The number of nitrogens with two attached hydrogens (primary N) is 1. The summed E-state index contributed by atoms with van der Waals surface area (Å²) in [6, 6.07) is 1.65. The number of ether oxygens (including phenoxy) is 1. The van der Waals surface area contributed by atoms with E-state index in [2.05, 4.69) is 4.98 Å². The van der Waals surface area contributed by atoms with Crippen LogP contribution in [-0.4, -0.2) is 11.1 Å². The van der Waals surface area contributed by atoms with E-state index < -0.39 is 0 Å². The van der Waals surface area contributed by atoms with Crippen molar-refractivity contribution in [2.75, 3.05) is 5.73 Å². The molecule has 0 aliphatic rings. The third-order valence-electron chi connectivity index (χ3n) is 1.55. The van der Waals surface area contributed by atoms with Crippen LogP contribution in [0.2, 0.25) is 5.15 Å². The maximum Gasteiger partial charge on any atom is 0.171 e. The Morgan fingerprint density at radius 3 is 2.71 bits per heavy atom. The van der Waals surface area contributed by atoms with Gasteiger partial charge in [-0.25, -0.2) is 4.98 Å². The Bertz CT molecular complexity index is 329. The molecule has 14 heavy (non-hydrogen) atoms. The van der Waals surface area contributed by atoms with Crippen LogP contribution in [-0.2, 0) is 5.88 Å². The first-order valence-corrected chi connectivity index (χ1v) is 5.13. The first-order chi connectivity index (χ1) is 6.54. The summed E-state index contributed by atoms with van der Waals surface area (Å²) in [6.45, 7) is 3.81. The number of alkyl halides is 1. The molecule has 1 heterocycles. The van der Waals surface area contributed by atoms with Crippen LogP contribution in [0.1, 0.15) is 19.5 Å². The molecule has 0 atom stereocenters. The van der Waals surface area contributed by atoms with Crippen molar-refractivity contribution in [2.24, 2.45) is 0 Å². The Balaban J connectivity index is 3.02. The smallest absolute Gasteiger partial charge is 0.171 e. The van der Waals surface area contributed by atoms with Gasteiger partial charge in [0.2, 0.25) is 0 Å². The fourth-order valence-electron chi connectivity index (χ4n) is 0.966. The molecule has 1 aromatic heterocycles. The van der Waals surface area contributed by atoms with Gasteiger partial charge in [0, 0.05) is 6.07 Å². The van der Waals surface area contributed by atoms with E-state index in [1.165, 1.54) is 0 Å². The fraction of sp³-hybridized carbons (Fsp3) is 0.444. The minimum absolute atomic E-state index is 0.0375. The number of nitrogens with zero attached hydrogens (tertiary/aromatic N) is 1. The van der Waals surface area contributed by atoms with Crippen molar-refractivity contribution in [1.29, 1.82) is 0 Å². The molecule has 0 amide bonds. The van der Waals surface area contributed by atoms with Crippen molar-refractivity contribution >= 4 is 28.9 Å². The van der Waals surface area contributed by atoms with Gasteiger partial charge in [-0.05, 0) is 13.8 Å². The zero-order chi connectivity index (χ0) is 10.7. The molecule has 1 aromatic rings. The Morgan fingerprint density at radius 1 is 1.57 bits per heavy atom. The third kappa shape index (κ3) is 2.66. The van der Waals surface area contributed by atoms with Crippen LogP contribution in [0, 0.1) is 0 Å². The highest BCUT2D eigenvalue weighted by atomic mass is 35.5. The largest absolute Gasteiger partial charge is 0.488 e. The van der Waals surface area contributed by atoms with Crippen molar-refractivity contribution in [3.8, 4) is 5.75 Å². The van der Waals surface area contributed by atoms with Gasteiger partial charge < -0.3 is 10.5 Å². The number of aromatic nitrogens is 1. The second-order valence-corrected chi connectivity index (χ2v) is 3.74. The summed E-state index contributed by atoms with van der Waals surface area (Å²) in [4.78, 5) is 4.03. The molecule has 0 fully saturated rings. The molecule has 0 radical (unpaired) electrons. The van der Waals surface area contributed by atoms with Crippen molar-refractivity contribution in [3.63, 3.8) is 0 Å². The molecule has 1 rings (SSSR count). The van der Waals surface area contributed by atoms with E-state index in [1.54, 1.807) is 6.07 Å². The minimum Gasteiger partial charge on any atom is -0.488 e. The highest BCUT2D eigenvalue weighted by Crippen LogP contribution is 2.28. The molecule has 0 aliphatic heterocycles. The van der Waals surface area contributed by atoms with Crippen LogP contribution < -0.4 is 10.5 Å². The quantitative estimate of drug-likeness (QED) is 0.647. The molecule has 0 spiro atoms. The molecular formula is C9H12Cl2N2O. The highest BCUT2D eigenvalue weighted by Gasteiger charge is 2.09. The van der Waals surface area contributed by atoms with Crippen molar-refractivity contribution in [3.05, 3.63) is 16.9 Å². The molecule has 0 bridgehead atoms. The van der Waals surface area contributed by atoms with Crippen LogP contribution >= 0.6 is 23.2 Å². The maximum atomic E-state index is 5.87. The summed E-state index contributed by atoms with van der Waals surface area (Å²) in [7, 11) is 0. The zero-order valence-electron chi connectivity index (χ0n) is 8.05. The van der Waals surface area contributed by atoms with Crippen LogP contribution in [0.3, 0.4) is 0 Å². The van der Waals surface area contributed by atoms with E-state index in [0.717, 1.165) is 0 Å². The standard InChI is InChI=1S/C9H12Cl2N2O/c1-5(2)14-8-3-6(12)7(4-10)13-9(8)11/h3,5H,4,12H2,1-2H3. The summed E-state index contributed by atoms with van der Waals surface area (Å²) in [5.74, 6) is 0.737. The topological polar surface area (TPSA) is 48.1 Å². The lowest BCUT2D eigenvalue weighted by Gasteiger charge is -2.12. The van der Waals surface area contributed by atoms with Crippen molar-refractivity contribution < 1.29 is 4.74 Å².